The third-order valence-corrected chi connectivity index (χ3v) is 6.31. The van der Waals surface area contributed by atoms with Crippen molar-refractivity contribution >= 4 is 32.3 Å². The number of nitrogens with zero attached hydrogens (tertiary/aromatic N) is 2. The second kappa shape index (κ2) is 5.24. The molecule has 1 aliphatic heterocycles. The van der Waals surface area contributed by atoms with Gasteiger partial charge in [0.15, 0.2) is 15.0 Å². The van der Waals surface area contributed by atoms with Gasteiger partial charge in [-0.15, -0.1) is 0 Å². The maximum absolute atomic E-state index is 11.6. The van der Waals surface area contributed by atoms with Crippen LogP contribution < -0.4 is 4.90 Å². The van der Waals surface area contributed by atoms with Crippen LogP contribution in [0.25, 0.3) is 0 Å². The number of rotatable bonds is 2. The Bertz CT molecular complexity index is 658. The fourth-order valence-electron chi connectivity index (χ4n) is 2.37. The van der Waals surface area contributed by atoms with Crippen LogP contribution in [0.4, 0.5) is 5.13 Å². The van der Waals surface area contributed by atoms with Crippen LogP contribution in [-0.2, 0) is 15.3 Å². The summed E-state index contributed by atoms with van der Waals surface area (Å²) >= 11 is 1.13. The molecule has 1 aliphatic rings. The summed E-state index contributed by atoms with van der Waals surface area (Å²) in [7, 11) is -3.00. The van der Waals surface area contributed by atoms with E-state index in [1.165, 1.54) is 0 Å². The number of hydrogen-bond donors (Lipinski definition) is 1. The largest absolute Gasteiger partial charge is 0.477 e. The number of aromatic carboxylic acids is 1. The van der Waals surface area contributed by atoms with Crippen LogP contribution in [0.1, 0.15) is 43.1 Å². The molecule has 2 rings (SSSR count). The Hall–Kier alpha value is -1.15. The van der Waals surface area contributed by atoms with Crippen molar-refractivity contribution in [2.24, 2.45) is 0 Å². The zero-order chi connectivity index (χ0) is 16.0. The fraction of sp³-hybridized carbons (Fsp3) is 0.692. The predicted molar refractivity (Wildman–Crippen MR) is 83.2 cm³/mol. The summed E-state index contributed by atoms with van der Waals surface area (Å²) in [5, 5.41) is 9.94. The molecule has 0 bridgehead atoms. The van der Waals surface area contributed by atoms with Crippen molar-refractivity contribution in [1.82, 2.24) is 4.98 Å². The van der Waals surface area contributed by atoms with Gasteiger partial charge in [-0.25, -0.2) is 18.2 Å². The average molecular weight is 332 g/mol. The highest BCUT2D eigenvalue weighted by Crippen LogP contribution is 2.35. The molecule has 1 N–H and O–H groups in total. The monoisotopic (exact) mass is 332 g/mol. The van der Waals surface area contributed by atoms with Crippen molar-refractivity contribution < 1.29 is 18.3 Å². The second-order valence-electron chi connectivity index (χ2n) is 6.39. The van der Waals surface area contributed by atoms with Gasteiger partial charge in [0, 0.05) is 18.0 Å². The van der Waals surface area contributed by atoms with Crippen LogP contribution in [0.3, 0.4) is 0 Å². The zero-order valence-electron chi connectivity index (χ0n) is 12.6. The van der Waals surface area contributed by atoms with Gasteiger partial charge in [0.2, 0.25) is 0 Å². The molecule has 0 aromatic carbocycles. The molecule has 118 valence electrons. The van der Waals surface area contributed by atoms with Crippen LogP contribution in [0.2, 0.25) is 0 Å². The van der Waals surface area contributed by atoms with E-state index in [0.717, 1.165) is 11.3 Å². The molecule has 1 atom stereocenters. The van der Waals surface area contributed by atoms with E-state index >= 15 is 0 Å². The molecule has 0 amide bonds. The Morgan fingerprint density at radius 1 is 1.43 bits per heavy atom. The highest BCUT2D eigenvalue weighted by Gasteiger charge is 2.33. The summed E-state index contributed by atoms with van der Waals surface area (Å²) in [6, 6.07) is -0.190. The van der Waals surface area contributed by atoms with Gasteiger partial charge < -0.3 is 10.0 Å². The molecule has 2 heterocycles. The minimum atomic E-state index is -3.00. The molecular formula is C13H20N2O4S2. The summed E-state index contributed by atoms with van der Waals surface area (Å²) in [6.45, 7) is 7.95. The summed E-state index contributed by atoms with van der Waals surface area (Å²) in [6.07, 6.45) is 0. The summed E-state index contributed by atoms with van der Waals surface area (Å²) in [5.41, 5.74) is 0.184. The lowest BCUT2D eigenvalue weighted by atomic mass is 9.91. The molecule has 1 unspecified atom stereocenters. The first-order chi connectivity index (χ1) is 9.51. The fourth-order valence-corrected chi connectivity index (χ4v) is 5.17. The number of carboxylic acids is 1. The van der Waals surface area contributed by atoms with Crippen LogP contribution in [-0.4, -0.2) is 48.6 Å². The van der Waals surface area contributed by atoms with Crippen LogP contribution >= 0.6 is 11.3 Å². The molecule has 0 radical (unpaired) electrons. The maximum Gasteiger partial charge on any atom is 0.347 e. The molecule has 21 heavy (non-hydrogen) atoms. The molecule has 1 aromatic heterocycles. The van der Waals surface area contributed by atoms with Gasteiger partial charge in [0.1, 0.15) is 4.88 Å². The molecule has 0 spiro atoms. The van der Waals surface area contributed by atoms with E-state index in [-0.39, 0.29) is 27.8 Å². The Labute approximate surface area is 128 Å². The lowest BCUT2D eigenvalue weighted by Crippen LogP contribution is -2.47. The number of sulfone groups is 1. The highest BCUT2D eigenvalue weighted by atomic mass is 32.2. The molecule has 1 fully saturated rings. The summed E-state index contributed by atoms with van der Waals surface area (Å²) < 4.78 is 23.3. The zero-order valence-corrected chi connectivity index (χ0v) is 14.2. The highest BCUT2D eigenvalue weighted by molar-refractivity contribution is 7.91. The first kappa shape index (κ1) is 16.2. The second-order valence-corrected chi connectivity index (χ2v) is 9.59. The lowest BCUT2D eigenvalue weighted by Gasteiger charge is -2.32. The van der Waals surface area contributed by atoms with Crippen molar-refractivity contribution in [3.05, 3.63) is 10.6 Å². The first-order valence-electron chi connectivity index (χ1n) is 6.73. The van der Waals surface area contributed by atoms with Crippen molar-refractivity contribution in [2.75, 3.05) is 23.0 Å². The van der Waals surface area contributed by atoms with E-state index in [2.05, 4.69) is 4.98 Å². The first-order valence-corrected chi connectivity index (χ1v) is 9.37. The van der Waals surface area contributed by atoms with Crippen LogP contribution in [0.15, 0.2) is 0 Å². The van der Waals surface area contributed by atoms with Crippen molar-refractivity contribution in [3.8, 4) is 0 Å². The standard InChI is InChI=1S/C13H20N2O4S2/c1-8-7-21(18,19)6-5-15(8)12-14-10(13(2,3)4)9(20-12)11(16)17/h8H,5-7H2,1-4H3,(H,16,17). The number of aromatic nitrogens is 1. The Morgan fingerprint density at radius 2 is 2.05 bits per heavy atom. The number of thiazole rings is 1. The lowest BCUT2D eigenvalue weighted by molar-refractivity contribution is 0.0699. The molecular weight excluding hydrogens is 312 g/mol. The van der Waals surface area contributed by atoms with E-state index in [0.29, 0.717) is 17.4 Å². The predicted octanol–water partition coefficient (Wildman–Crippen LogP) is 1.76. The number of hydrogen-bond acceptors (Lipinski definition) is 6. The molecule has 8 heteroatoms. The Morgan fingerprint density at radius 3 is 2.48 bits per heavy atom. The SMILES string of the molecule is CC1CS(=O)(=O)CCN1c1nc(C(C)(C)C)c(C(=O)O)s1. The minimum absolute atomic E-state index is 0.0832. The van der Waals surface area contributed by atoms with Gasteiger partial charge in [-0.2, -0.15) is 0 Å². The number of anilines is 1. The topological polar surface area (TPSA) is 87.6 Å². The maximum atomic E-state index is 11.6. The van der Waals surface area contributed by atoms with E-state index in [1.54, 1.807) is 0 Å². The van der Waals surface area contributed by atoms with Gasteiger partial charge in [0.25, 0.3) is 0 Å². The summed E-state index contributed by atoms with van der Waals surface area (Å²) in [4.78, 5) is 18.0. The Balaban J connectivity index is 2.40. The van der Waals surface area contributed by atoms with E-state index < -0.39 is 15.8 Å². The van der Waals surface area contributed by atoms with Gasteiger partial charge in [-0.05, 0) is 6.92 Å². The van der Waals surface area contributed by atoms with Crippen molar-refractivity contribution in [1.29, 1.82) is 0 Å². The van der Waals surface area contributed by atoms with E-state index in [1.807, 2.05) is 32.6 Å². The third kappa shape index (κ3) is 3.37. The van der Waals surface area contributed by atoms with Crippen LogP contribution in [0, 0.1) is 0 Å². The smallest absolute Gasteiger partial charge is 0.347 e. The molecule has 1 saturated heterocycles. The van der Waals surface area contributed by atoms with E-state index in [9.17, 15) is 18.3 Å². The number of carboxylic acid groups (broad SMARTS) is 1. The minimum Gasteiger partial charge on any atom is -0.477 e. The van der Waals surface area contributed by atoms with E-state index in [4.69, 9.17) is 0 Å². The van der Waals surface area contributed by atoms with Crippen molar-refractivity contribution in [3.63, 3.8) is 0 Å². The average Bonchev–Trinajstić information content (AvgIpc) is 2.72. The summed E-state index contributed by atoms with van der Waals surface area (Å²) in [5.74, 6) is -0.815. The van der Waals surface area contributed by atoms with Crippen molar-refractivity contribution in [2.45, 2.75) is 39.2 Å². The van der Waals surface area contributed by atoms with Gasteiger partial charge in [0.05, 0.1) is 17.2 Å². The normalized spacial score (nSPS) is 22.3. The molecule has 6 nitrogen and oxygen atoms in total. The quantitative estimate of drug-likeness (QED) is 0.888. The molecule has 0 saturated carbocycles. The molecule has 1 aromatic rings. The molecule has 0 aliphatic carbocycles. The van der Waals surface area contributed by atoms with Gasteiger partial charge >= 0.3 is 5.97 Å². The van der Waals surface area contributed by atoms with Crippen LogP contribution in [0.5, 0.6) is 0 Å². The third-order valence-electron chi connectivity index (χ3n) is 3.44. The number of carbonyl (C=O) groups is 1. The van der Waals surface area contributed by atoms with Gasteiger partial charge in [-0.3, -0.25) is 0 Å². The van der Waals surface area contributed by atoms with Gasteiger partial charge in [-0.1, -0.05) is 32.1 Å². The Kier molecular flexibility index (Phi) is 4.05.